The van der Waals surface area contributed by atoms with Gasteiger partial charge in [-0.2, -0.15) is 5.10 Å². The fourth-order valence-electron chi connectivity index (χ4n) is 3.69. The Morgan fingerprint density at radius 2 is 1.97 bits per heavy atom. The molecule has 0 radical (unpaired) electrons. The predicted octanol–water partition coefficient (Wildman–Crippen LogP) is 3.17. The molecule has 0 spiro atoms. The number of halogens is 1. The van der Waals surface area contributed by atoms with Crippen LogP contribution in [0.3, 0.4) is 0 Å². The first-order valence-corrected chi connectivity index (χ1v) is 9.85. The summed E-state index contributed by atoms with van der Waals surface area (Å²) in [7, 11) is 0. The van der Waals surface area contributed by atoms with Crippen LogP contribution < -0.4 is 10.6 Å². The highest BCUT2D eigenvalue weighted by Gasteiger charge is 2.32. The van der Waals surface area contributed by atoms with Crippen LogP contribution in [0, 0.1) is 5.92 Å². The minimum atomic E-state index is -1.26. The number of nitrogens with zero attached hydrogens (tertiary/aromatic N) is 1. The van der Waals surface area contributed by atoms with Crippen LogP contribution in [0.15, 0.2) is 48.7 Å². The molecule has 0 saturated heterocycles. The van der Waals surface area contributed by atoms with Crippen LogP contribution in [0.5, 0.6) is 0 Å². The molecule has 1 aliphatic carbocycles. The zero-order valence-electron chi connectivity index (χ0n) is 15.6. The lowest BCUT2D eigenvalue weighted by atomic mass is 10.1. The number of anilines is 1. The van der Waals surface area contributed by atoms with Gasteiger partial charge in [-0.05, 0) is 55.2 Å². The second-order valence-electron chi connectivity index (χ2n) is 7.33. The molecule has 1 heterocycles. The number of amides is 2. The molecule has 0 bridgehead atoms. The summed E-state index contributed by atoms with van der Waals surface area (Å²) in [6, 6.07) is 11.9. The number of H-pyrrole nitrogens is 1. The van der Waals surface area contributed by atoms with Crippen molar-refractivity contribution >= 4 is 40.0 Å². The second-order valence-corrected chi connectivity index (χ2v) is 7.77. The van der Waals surface area contributed by atoms with Crippen molar-refractivity contribution in [1.29, 1.82) is 0 Å². The van der Waals surface area contributed by atoms with Gasteiger partial charge in [0.2, 0.25) is 5.91 Å². The molecule has 1 aliphatic rings. The fourth-order valence-corrected chi connectivity index (χ4v) is 3.82. The molecule has 29 heavy (non-hydrogen) atoms. The maximum Gasteiger partial charge on any atom is 0.253 e. The van der Waals surface area contributed by atoms with Gasteiger partial charge >= 0.3 is 0 Å². The van der Waals surface area contributed by atoms with Gasteiger partial charge in [0.05, 0.1) is 11.7 Å². The molecular formula is C21H21ClN4O3. The van der Waals surface area contributed by atoms with E-state index in [1.165, 1.54) is 0 Å². The highest BCUT2D eigenvalue weighted by Crippen LogP contribution is 2.28. The molecular weight excluding hydrogens is 392 g/mol. The van der Waals surface area contributed by atoms with E-state index >= 15 is 0 Å². The van der Waals surface area contributed by atoms with Crippen LogP contribution in [0.25, 0.3) is 10.9 Å². The number of rotatable bonds is 5. The first kappa shape index (κ1) is 19.4. The van der Waals surface area contributed by atoms with Gasteiger partial charge in [0.25, 0.3) is 5.91 Å². The highest BCUT2D eigenvalue weighted by molar-refractivity contribution is 6.30. The first-order valence-electron chi connectivity index (χ1n) is 9.47. The lowest BCUT2D eigenvalue weighted by Crippen LogP contribution is -2.37. The van der Waals surface area contributed by atoms with Crippen LogP contribution in [0.1, 0.15) is 30.9 Å². The molecule has 2 amide bonds. The quantitative estimate of drug-likeness (QED) is 0.516. The third kappa shape index (κ3) is 4.41. The van der Waals surface area contributed by atoms with Gasteiger partial charge in [-0.1, -0.05) is 23.7 Å². The van der Waals surface area contributed by atoms with Crippen LogP contribution in [-0.4, -0.2) is 33.2 Å². The van der Waals surface area contributed by atoms with E-state index in [4.69, 9.17) is 11.6 Å². The Labute approximate surface area is 172 Å². The minimum Gasteiger partial charge on any atom is -0.378 e. The first-order chi connectivity index (χ1) is 14.0. The Morgan fingerprint density at radius 1 is 1.17 bits per heavy atom. The van der Waals surface area contributed by atoms with Crippen molar-refractivity contribution in [3.63, 3.8) is 0 Å². The van der Waals surface area contributed by atoms with Gasteiger partial charge in [-0.3, -0.25) is 14.7 Å². The number of hydrogen-bond donors (Lipinski definition) is 4. The Bertz CT molecular complexity index is 1030. The Morgan fingerprint density at radius 3 is 2.76 bits per heavy atom. The summed E-state index contributed by atoms with van der Waals surface area (Å²) in [6.45, 7) is 0. The Hall–Kier alpha value is -2.90. The predicted molar refractivity (Wildman–Crippen MR) is 110 cm³/mol. The molecule has 3 atom stereocenters. The van der Waals surface area contributed by atoms with Gasteiger partial charge in [0.15, 0.2) is 6.10 Å². The molecule has 1 aromatic heterocycles. The number of nitrogens with one attached hydrogen (secondary N) is 3. The molecule has 1 unspecified atom stereocenters. The number of benzene rings is 2. The summed E-state index contributed by atoms with van der Waals surface area (Å²) in [5.41, 5.74) is 2.11. The van der Waals surface area contributed by atoms with E-state index in [1.54, 1.807) is 30.5 Å². The third-order valence-electron chi connectivity index (χ3n) is 5.29. The van der Waals surface area contributed by atoms with Crippen molar-refractivity contribution in [3.05, 3.63) is 59.2 Å². The molecule has 8 heteroatoms. The van der Waals surface area contributed by atoms with Crippen LogP contribution in [-0.2, 0) is 9.59 Å². The fraction of sp³-hybridized carbons (Fsp3) is 0.286. The number of aromatic amines is 1. The summed E-state index contributed by atoms with van der Waals surface area (Å²) >= 11 is 5.84. The van der Waals surface area contributed by atoms with Crippen LogP contribution in [0.4, 0.5) is 5.69 Å². The SMILES string of the molecule is O=C(N[C@H]1CC[C@H](C(=O)Nc2ccc3[nH]ncc3c2)C1)C(O)c1ccc(Cl)cc1. The minimum absolute atomic E-state index is 0.0668. The number of aliphatic hydroxyl groups excluding tert-OH is 1. The second kappa shape index (κ2) is 8.23. The van der Waals surface area contributed by atoms with E-state index in [9.17, 15) is 14.7 Å². The molecule has 0 aliphatic heterocycles. The number of fused-ring (bicyclic) bond motifs is 1. The Kier molecular flexibility index (Phi) is 5.51. The molecule has 4 N–H and O–H groups in total. The number of aromatic nitrogens is 2. The number of aliphatic hydroxyl groups is 1. The van der Waals surface area contributed by atoms with Crippen molar-refractivity contribution in [1.82, 2.24) is 15.5 Å². The normalized spacial score (nSPS) is 19.8. The Balaban J connectivity index is 1.31. The monoisotopic (exact) mass is 412 g/mol. The van der Waals surface area contributed by atoms with Crippen molar-refractivity contribution in [3.8, 4) is 0 Å². The number of carbonyl (C=O) groups excluding carboxylic acids is 2. The van der Waals surface area contributed by atoms with E-state index in [2.05, 4.69) is 20.8 Å². The molecule has 2 aromatic carbocycles. The molecule has 4 rings (SSSR count). The van der Waals surface area contributed by atoms with Gasteiger partial charge in [0, 0.05) is 28.1 Å². The molecule has 1 saturated carbocycles. The zero-order valence-corrected chi connectivity index (χ0v) is 16.3. The summed E-state index contributed by atoms with van der Waals surface area (Å²) in [4.78, 5) is 24.9. The smallest absolute Gasteiger partial charge is 0.253 e. The van der Waals surface area contributed by atoms with E-state index in [0.717, 1.165) is 16.6 Å². The van der Waals surface area contributed by atoms with Crippen LogP contribution >= 0.6 is 11.6 Å². The van der Waals surface area contributed by atoms with Crippen molar-refractivity contribution in [2.75, 3.05) is 5.32 Å². The third-order valence-corrected chi connectivity index (χ3v) is 5.54. The van der Waals surface area contributed by atoms with Crippen molar-refractivity contribution in [2.24, 2.45) is 5.92 Å². The maximum absolute atomic E-state index is 12.6. The molecule has 7 nitrogen and oxygen atoms in total. The number of hydrogen-bond acceptors (Lipinski definition) is 4. The average molecular weight is 413 g/mol. The summed E-state index contributed by atoms with van der Waals surface area (Å²) in [5.74, 6) is -0.723. The topological polar surface area (TPSA) is 107 Å². The lowest BCUT2D eigenvalue weighted by molar-refractivity contribution is -0.130. The summed E-state index contributed by atoms with van der Waals surface area (Å²) < 4.78 is 0. The summed E-state index contributed by atoms with van der Waals surface area (Å²) in [5, 5.41) is 24.3. The van der Waals surface area contributed by atoms with E-state index in [1.807, 2.05) is 18.2 Å². The average Bonchev–Trinajstić information content (AvgIpc) is 3.37. The van der Waals surface area contributed by atoms with E-state index < -0.39 is 12.0 Å². The zero-order chi connectivity index (χ0) is 20.4. The van der Waals surface area contributed by atoms with Gasteiger partial charge in [0.1, 0.15) is 0 Å². The molecule has 1 fully saturated rings. The van der Waals surface area contributed by atoms with E-state index in [0.29, 0.717) is 29.8 Å². The largest absolute Gasteiger partial charge is 0.378 e. The maximum atomic E-state index is 12.6. The molecule has 150 valence electrons. The van der Waals surface area contributed by atoms with Crippen molar-refractivity contribution < 1.29 is 14.7 Å². The van der Waals surface area contributed by atoms with Gasteiger partial charge < -0.3 is 15.7 Å². The summed E-state index contributed by atoms with van der Waals surface area (Å²) in [6.07, 6.45) is 2.36. The van der Waals surface area contributed by atoms with E-state index in [-0.39, 0.29) is 17.9 Å². The highest BCUT2D eigenvalue weighted by atomic mass is 35.5. The van der Waals surface area contributed by atoms with Crippen LogP contribution in [0.2, 0.25) is 5.02 Å². The number of carbonyl (C=O) groups is 2. The van der Waals surface area contributed by atoms with Crippen molar-refractivity contribution in [2.45, 2.75) is 31.4 Å². The standard InChI is InChI=1S/C21H21ClN4O3/c22-15-4-1-12(2-5-15)19(27)21(29)25-16-6-3-13(9-16)20(28)24-17-7-8-18-14(10-17)11-23-26-18/h1-2,4-5,7-8,10-11,13,16,19,27H,3,6,9H2,(H,23,26)(H,24,28)(H,25,29)/t13-,16-,19?/m0/s1. The lowest BCUT2D eigenvalue weighted by Gasteiger charge is -2.17. The molecule has 3 aromatic rings. The van der Waals surface area contributed by atoms with Gasteiger partial charge in [-0.25, -0.2) is 0 Å². The van der Waals surface area contributed by atoms with Gasteiger partial charge in [-0.15, -0.1) is 0 Å².